The molecule has 1 atom stereocenters. The van der Waals surface area contributed by atoms with Gasteiger partial charge in [-0.2, -0.15) is 0 Å². The Morgan fingerprint density at radius 3 is 2.68 bits per heavy atom. The fourth-order valence-electron chi connectivity index (χ4n) is 2.74. The van der Waals surface area contributed by atoms with Crippen LogP contribution in [0.15, 0.2) is 23.1 Å². The zero-order chi connectivity index (χ0) is 16.3. The number of likely N-dealkylation sites (tertiary alicyclic amines) is 1. The Kier molecular flexibility index (Phi) is 5.75. The molecular formula is C15H19Cl2NO3S. The van der Waals surface area contributed by atoms with E-state index in [1.165, 1.54) is 18.2 Å². The minimum atomic E-state index is -3.54. The first-order chi connectivity index (χ1) is 10.3. The number of hydrogen-bond donors (Lipinski definition) is 0. The number of hydrogen-bond acceptors (Lipinski definition) is 3. The summed E-state index contributed by atoms with van der Waals surface area (Å²) in [6.07, 6.45) is 2.90. The van der Waals surface area contributed by atoms with Gasteiger partial charge in [-0.05, 0) is 37.5 Å². The molecule has 0 saturated carbocycles. The lowest BCUT2D eigenvalue weighted by molar-refractivity contribution is -0.131. The summed E-state index contributed by atoms with van der Waals surface area (Å²) >= 11 is 11.6. The van der Waals surface area contributed by atoms with Gasteiger partial charge in [-0.15, -0.1) is 0 Å². The molecule has 0 aliphatic carbocycles. The predicted molar refractivity (Wildman–Crippen MR) is 88.2 cm³/mol. The quantitative estimate of drug-likeness (QED) is 0.803. The number of carbonyl (C=O) groups is 1. The molecule has 0 radical (unpaired) electrons. The molecule has 1 amide bonds. The number of sulfone groups is 1. The van der Waals surface area contributed by atoms with Gasteiger partial charge >= 0.3 is 0 Å². The molecule has 1 aromatic rings. The molecular weight excluding hydrogens is 345 g/mol. The van der Waals surface area contributed by atoms with Crippen LogP contribution in [0.5, 0.6) is 0 Å². The van der Waals surface area contributed by atoms with Gasteiger partial charge in [0.25, 0.3) is 0 Å². The van der Waals surface area contributed by atoms with Crippen molar-refractivity contribution in [2.45, 2.75) is 43.5 Å². The van der Waals surface area contributed by atoms with Gasteiger partial charge < -0.3 is 4.90 Å². The summed E-state index contributed by atoms with van der Waals surface area (Å²) in [6.45, 7) is 2.77. The molecule has 2 rings (SSSR count). The monoisotopic (exact) mass is 363 g/mol. The normalized spacial score (nSPS) is 18.7. The molecule has 0 aromatic heterocycles. The average molecular weight is 364 g/mol. The lowest BCUT2D eigenvalue weighted by atomic mass is 10.1. The van der Waals surface area contributed by atoms with Gasteiger partial charge in [-0.25, -0.2) is 8.42 Å². The van der Waals surface area contributed by atoms with Crippen LogP contribution in [0.1, 0.15) is 32.6 Å². The van der Waals surface area contributed by atoms with Crippen molar-refractivity contribution in [2.75, 3.05) is 12.3 Å². The number of rotatable bonds is 5. The molecule has 1 aliphatic heterocycles. The van der Waals surface area contributed by atoms with Crippen LogP contribution < -0.4 is 0 Å². The van der Waals surface area contributed by atoms with Crippen LogP contribution in [0.3, 0.4) is 0 Å². The highest BCUT2D eigenvalue weighted by Gasteiger charge is 2.28. The summed E-state index contributed by atoms with van der Waals surface area (Å²) in [5, 5.41) is 0.499. The van der Waals surface area contributed by atoms with E-state index in [1.807, 2.05) is 11.8 Å². The highest BCUT2D eigenvalue weighted by molar-refractivity contribution is 7.91. The molecule has 0 bridgehead atoms. The summed E-state index contributed by atoms with van der Waals surface area (Å²) in [4.78, 5) is 14.1. The van der Waals surface area contributed by atoms with Crippen molar-refractivity contribution in [1.82, 2.24) is 4.90 Å². The maximum absolute atomic E-state index is 12.3. The molecule has 7 heteroatoms. The molecule has 1 aromatic carbocycles. The van der Waals surface area contributed by atoms with Gasteiger partial charge in [0.05, 0.1) is 20.7 Å². The molecule has 0 spiro atoms. The second kappa shape index (κ2) is 7.20. The van der Waals surface area contributed by atoms with Gasteiger partial charge in [-0.3, -0.25) is 4.79 Å². The number of halogens is 2. The van der Waals surface area contributed by atoms with Crippen molar-refractivity contribution < 1.29 is 13.2 Å². The van der Waals surface area contributed by atoms with Crippen molar-refractivity contribution in [3.63, 3.8) is 0 Å². The Labute approximate surface area is 141 Å². The highest BCUT2D eigenvalue weighted by Crippen LogP contribution is 2.26. The number of benzene rings is 1. The van der Waals surface area contributed by atoms with E-state index >= 15 is 0 Å². The summed E-state index contributed by atoms with van der Waals surface area (Å²) in [5.74, 6) is -0.301. The Bertz CT molecular complexity index is 661. The van der Waals surface area contributed by atoms with Gasteiger partial charge in [0.15, 0.2) is 9.84 Å². The zero-order valence-corrected chi connectivity index (χ0v) is 14.7. The van der Waals surface area contributed by atoms with E-state index in [-0.39, 0.29) is 34.0 Å². The van der Waals surface area contributed by atoms with Gasteiger partial charge in [-0.1, -0.05) is 30.1 Å². The van der Waals surface area contributed by atoms with Crippen LogP contribution in [0.4, 0.5) is 0 Å². The van der Waals surface area contributed by atoms with Crippen LogP contribution >= 0.6 is 23.2 Å². The van der Waals surface area contributed by atoms with Crippen molar-refractivity contribution >= 4 is 38.9 Å². The largest absolute Gasteiger partial charge is 0.340 e. The highest BCUT2D eigenvalue weighted by atomic mass is 35.5. The van der Waals surface area contributed by atoms with Crippen LogP contribution in [-0.4, -0.2) is 37.6 Å². The third-order valence-corrected chi connectivity index (χ3v) is 6.46. The van der Waals surface area contributed by atoms with Gasteiger partial charge in [0.1, 0.15) is 0 Å². The molecule has 122 valence electrons. The maximum atomic E-state index is 12.3. The summed E-state index contributed by atoms with van der Waals surface area (Å²) in [6, 6.07) is 4.44. The minimum Gasteiger partial charge on any atom is -0.340 e. The first kappa shape index (κ1) is 17.6. The first-order valence-corrected chi connectivity index (χ1v) is 9.73. The second-order valence-electron chi connectivity index (χ2n) is 5.44. The summed E-state index contributed by atoms with van der Waals surface area (Å²) < 4.78 is 24.6. The van der Waals surface area contributed by atoms with E-state index in [1.54, 1.807) is 0 Å². The summed E-state index contributed by atoms with van der Waals surface area (Å²) in [7, 11) is -3.54. The minimum absolute atomic E-state index is 0.000914. The number of nitrogens with zero attached hydrogens (tertiary/aromatic N) is 1. The maximum Gasteiger partial charge on any atom is 0.223 e. The third kappa shape index (κ3) is 3.94. The van der Waals surface area contributed by atoms with Crippen LogP contribution in [0.2, 0.25) is 10.0 Å². The van der Waals surface area contributed by atoms with E-state index in [9.17, 15) is 13.2 Å². The Hall–Kier alpha value is -0.780. The molecule has 1 fully saturated rings. The topological polar surface area (TPSA) is 54.5 Å². The van der Waals surface area contributed by atoms with Crippen molar-refractivity contribution in [3.8, 4) is 0 Å². The molecule has 1 saturated heterocycles. The van der Waals surface area contributed by atoms with Crippen molar-refractivity contribution in [1.29, 1.82) is 0 Å². The van der Waals surface area contributed by atoms with E-state index < -0.39 is 9.84 Å². The lowest BCUT2D eigenvalue weighted by Crippen LogP contribution is -2.36. The zero-order valence-electron chi connectivity index (χ0n) is 12.4. The smallest absolute Gasteiger partial charge is 0.223 e. The molecule has 1 heterocycles. The van der Waals surface area contributed by atoms with Gasteiger partial charge in [0, 0.05) is 19.0 Å². The summed E-state index contributed by atoms with van der Waals surface area (Å²) in [5.41, 5.74) is 0. The van der Waals surface area contributed by atoms with E-state index in [4.69, 9.17) is 23.2 Å². The molecule has 22 heavy (non-hydrogen) atoms. The van der Waals surface area contributed by atoms with E-state index in [0.29, 0.717) is 5.02 Å². The predicted octanol–water partition coefficient (Wildman–Crippen LogP) is 3.56. The van der Waals surface area contributed by atoms with Crippen LogP contribution in [0, 0.1) is 0 Å². The molecule has 4 nitrogen and oxygen atoms in total. The fourth-order valence-corrected chi connectivity index (χ4v) is 4.36. The fraction of sp³-hybridized carbons (Fsp3) is 0.533. The SMILES string of the molecule is CCC1CCCN1C(=O)CCS(=O)(=O)c1ccc(Cl)c(Cl)c1. The number of amides is 1. The molecule has 1 aliphatic rings. The second-order valence-corrected chi connectivity index (χ2v) is 8.36. The Morgan fingerprint density at radius 1 is 1.32 bits per heavy atom. The average Bonchev–Trinajstić information content (AvgIpc) is 2.96. The molecule has 0 N–H and O–H groups in total. The Balaban J connectivity index is 2.03. The molecule has 1 unspecified atom stereocenters. The van der Waals surface area contributed by atoms with Crippen LogP contribution in [-0.2, 0) is 14.6 Å². The number of carbonyl (C=O) groups excluding carboxylic acids is 1. The van der Waals surface area contributed by atoms with Crippen LogP contribution in [0.25, 0.3) is 0 Å². The van der Waals surface area contributed by atoms with Crippen molar-refractivity contribution in [2.24, 2.45) is 0 Å². The first-order valence-electron chi connectivity index (χ1n) is 7.32. The standard InChI is InChI=1S/C15H19Cl2NO3S/c1-2-11-4-3-8-18(11)15(19)7-9-22(20,21)12-5-6-13(16)14(17)10-12/h5-6,10-11H,2-4,7-9H2,1H3. The van der Waals surface area contributed by atoms with E-state index in [0.717, 1.165) is 25.8 Å². The van der Waals surface area contributed by atoms with Crippen molar-refractivity contribution in [3.05, 3.63) is 28.2 Å². The Morgan fingerprint density at radius 2 is 2.05 bits per heavy atom. The van der Waals surface area contributed by atoms with Gasteiger partial charge in [0.2, 0.25) is 5.91 Å². The van der Waals surface area contributed by atoms with E-state index in [2.05, 4.69) is 0 Å². The lowest BCUT2D eigenvalue weighted by Gasteiger charge is -2.23. The third-order valence-electron chi connectivity index (χ3n) is 4.00.